The molecule has 3 unspecified atom stereocenters. The minimum absolute atomic E-state index is 0.0829. The van der Waals surface area contributed by atoms with Crippen LogP contribution in [0.5, 0.6) is 0 Å². The molecule has 1 aliphatic carbocycles. The van der Waals surface area contributed by atoms with Gasteiger partial charge < -0.3 is 16.4 Å². The smallest absolute Gasteiger partial charge is 0.220 e. The minimum atomic E-state index is -0.124. The highest BCUT2D eigenvalue weighted by Crippen LogP contribution is 2.42. The van der Waals surface area contributed by atoms with Crippen molar-refractivity contribution in [1.29, 1.82) is 0 Å². The zero-order chi connectivity index (χ0) is 15.6. The molecule has 2 aliphatic rings. The van der Waals surface area contributed by atoms with Gasteiger partial charge in [0, 0.05) is 12.0 Å². The van der Waals surface area contributed by atoms with Crippen LogP contribution in [0.2, 0.25) is 0 Å². The predicted octanol–water partition coefficient (Wildman–Crippen LogP) is 1.97. The summed E-state index contributed by atoms with van der Waals surface area (Å²) >= 11 is 0. The van der Waals surface area contributed by atoms with Crippen molar-refractivity contribution in [2.75, 3.05) is 19.6 Å². The number of piperidine rings is 1. The van der Waals surface area contributed by atoms with E-state index in [1.807, 2.05) is 0 Å². The number of nitrogens with two attached hydrogens (primary N) is 2. The Morgan fingerprint density at radius 1 is 1.14 bits per heavy atom. The molecule has 0 aromatic carbocycles. The van der Waals surface area contributed by atoms with Gasteiger partial charge in [0.25, 0.3) is 0 Å². The van der Waals surface area contributed by atoms with Gasteiger partial charge in [-0.2, -0.15) is 0 Å². The molecule has 0 bridgehead atoms. The highest BCUT2D eigenvalue weighted by atomic mass is 16.1. The van der Waals surface area contributed by atoms with E-state index in [4.69, 9.17) is 11.5 Å². The molecule has 2 fully saturated rings. The van der Waals surface area contributed by atoms with Gasteiger partial charge in [0.05, 0.1) is 0 Å². The van der Waals surface area contributed by atoms with E-state index in [9.17, 15) is 4.79 Å². The van der Waals surface area contributed by atoms with Crippen LogP contribution in [0, 0.1) is 23.2 Å². The third-order valence-electron chi connectivity index (χ3n) is 5.88. The van der Waals surface area contributed by atoms with Crippen LogP contribution in [0.25, 0.3) is 0 Å². The molecular formula is C17H33N3O. The Balaban J connectivity index is 2.00. The second-order valence-corrected chi connectivity index (χ2v) is 8.15. The molecule has 21 heavy (non-hydrogen) atoms. The van der Waals surface area contributed by atoms with Crippen LogP contribution >= 0.6 is 0 Å². The topological polar surface area (TPSA) is 72.3 Å². The summed E-state index contributed by atoms with van der Waals surface area (Å²) in [6, 6.07) is 0.599. The molecule has 4 heteroatoms. The molecule has 1 aliphatic heterocycles. The summed E-state index contributed by atoms with van der Waals surface area (Å²) < 4.78 is 0. The zero-order valence-electron chi connectivity index (χ0n) is 14.0. The lowest BCUT2D eigenvalue weighted by Gasteiger charge is -2.47. The molecule has 0 spiro atoms. The van der Waals surface area contributed by atoms with Crippen LogP contribution in [0.4, 0.5) is 0 Å². The molecule has 1 saturated heterocycles. The normalized spacial score (nSPS) is 33.0. The Hall–Kier alpha value is -0.610. The van der Waals surface area contributed by atoms with E-state index >= 15 is 0 Å². The molecule has 0 aromatic heterocycles. The highest BCUT2D eigenvalue weighted by molar-refractivity contribution is 5.76. The first-order valence-electron chi connectivity index (χ1n) is 8.56. The number of rotatable bonds is 3. The van der Waals surface area contributed by atoms with Gasteiger partial charge in [-0.05, 0) is 69.0 Å². The van der Waals surface area contributed by atoms with Gasteiger partial charge in [0.2, 0.25) is 5.91 Å². The second kappa shape index (κ2) is 6.66. The summed E-state index contributed by atoms with van der Waals surface area (Å²) in [4.78, 5) is 13.9. The van der Waals surface area contributed by atoms with Crippen molar-refractivity contribution in [3.05, 3.63) is 0 Å². The fourth-order valence-electron chi connectivity index (χ4n) is 4.23. The number of nitrogens with zero attached hydrogens (tertiary/aromatic N) is 1. The zero-order valence-corrected chi connectivity index (χ0v) is 14.0. The summed E-state index contributed by atoms with van der Waals surface area (Å²) in [6.07, 6.45) is 5.65. The molecule has 3 atom stereocenters. The van der Waals surface area contributed by atoms with Crippen molar-refractivity contribution in [2.45, 2.75) is 58.9 Å². The quantitative estimate of drug-likeness (QED) is 0.836. The van der Waals surface area contributed by atoms with Crippen molar-refractivity contribution in [2.24, 2.45) is 34.6 Å². The third kappa shape index (κ3) is 3.98. The SMILES string of the molecule is CC(C)(C)C1CCC(CN)C(N2CCC(C(N)=O)CC2)C1. The number of hydrogen-bond donors (Lipinski definition) is 2. The average molecular weight is 295 g/mol. The van der Waals surface area contributed by atoms with Crippen LogP contribution in [-0.4, -0.2) is 36.5 Å². The lowest BCUT2D eigenvalue weighted by molar-refractivity contribution is -0.123. The molecule has 4 nitrogen and oxygen atoms in total. The number of amides is 1. The molecule has 1 amide bonds. The Bertz CT molecular complexity index is 356. The van der Waals surface area contributed by atoms with E-state index in [0.29, 0.717) is 17.4 Å². The summed E-state index contributed by atoms with van der Waals surface area (Å²) in [5.74, 6) is 1.36. The number of likely N-dealkylation sites (tertiary alicyclic amines) is 1. The molecule has 2 rings (SSSR count). The highest BCUT2D eigenvalue weighted by Gasteiger charge is 2.39. The van der Waals surface area contributed by atoms with E-state index in [1.54, 1.807) is 0 Å². The first-order valence-corrected chi connectivity index (χ1v) is 8.56. The van der Waals surface area contributed by atoms with Gasteiger partial charge in [-0.1, -0.05) is 20.8 Å². The lowest BCUT2D eigenvalue weighted by Crippen LogP contribution is -2.51. The maximum Gasteiger partial charge on any atom is 0.220 e. The van der Waals surface area contributed by atoms with Crippen LogP contribution < -0.4 is 11.5 Å². The summed E-state index contributed by atoms with van der Waals surface area (Å²) in [7, 11) is 0. The van der Waals surface area contributed by atoms with Crippen LogP contribution in [-0.2, 0) is 4.79 Å². The van der Waals surface area contributed by atoms with Crippen molar-refractivity contribution in [1.82, 2.24) is 4.90 Å². The van der Waals surface area contributed by atoms with Gasteiger partial charge >= 0.3 is 0 Å². The fraction of sp³-hybridized carbons (Fsp3) is 0.941. The van der Waals surface area contributed by atoms with E-state index in [1.165, 1.54) is 19.3 Å². The molecule has 1 heterocycles. The molecular weight excluding hydrogens is 262 g/mol. The van der Waals surface area contributed by atoms with E-state index < -0.39 is 0 Å². The number of carbonyl (C=O) groups is 1. The van der Waals surface area contributed by atoms with Gasteiger partial charge in [-0.25, -0.2) is 0 Å². The minimum Gasteiger partial charge on any atom is -0.369 e. The summed E-state index contributed by atoms with van der Waals surface area (Å²) in [6.45, 7) is 9.87. The fourth-order valence-corrected chi connectivity index (χ4v) is 4.23. The van der Waals surface area contributed by atoms with Crippen molar-refractivity contribution >= 4 is 5.91 Å². The summed E-state index contributed by atoms with van der Waals surface area (Å²) in [5.41, 5.74) is 11.9. The third-order valence-corrected chi connectivity index (χ3v) is 5.88. The first kappa shape index (κ1) is 16.8. The molecule has 4 N–H and O–H groups in total. The maximum absolute atomic E-state index is 11.3. The Kier molecular flexibility index (Phi) is 5.31. The number of primary amides is 1. The second-order valence-electron chi connectivity index (χ2n) is 8.15. The van der Waals surface area contributed by atoms with Crippen molar-refractivity contribution < 1.29 is 4.79 Å². The standard InChI is InChI=1S/C17H33N3O/c1-17(2,3)14-5-4-13(11-18)15(10-14)20-8-6-12(7-9-20)16(19)21/h12-15H,4-11,18H2,1-3H3,(H2,19,21). The number of carbonyl (C=O) groups excluding carboxylic acids is 1. The molecule has 122 valence electrons. The van der Waals surface area contributed by atoms with Crippen molar-refractivity contribution in [3.8, 4) is 0 Å². The lowest BCUT2D eigenvalue weighted by atomic mass is 9.67. The molecule has 1 saturated carbocycles. The largest absolute Gasteiger partial charge is 0.369 e. The van der Waals surface area contributed by atoms with Gasteiger partial charge in [0.15, 0.2) is 0 Å². The molecule has 0 aromatic rings. The van der Waals surface area contributed by atoms with Gasteiger partial charge in [-0.3, -0.25) is 4.79 Å². The van der Waals surface area contributed by atoms with Gasteiger partial charge in [0.1, 0.15) is 0 Å². The Morgan fingerprint density at radius 3 is 2.24 bits per heavy atom. The van der Waals surface area contributed by atoms with Crippen LogP contribution in [0.15, 0.2) is 0 Å². The Labute approximate surface area is 129 Å². The first-order chi connectivity index (χ1) is 9.82. The van der Waals surface area contributed by atoms with Crippen LogP contribution in [0.1, 0.15) is 52.9 Å². The Morgan fingerprint density at radius 2 is 1.76 bits per heavy atom. The van der Waals surface area contributed by atoms with E-state index in [0.717, 1.165) is 38.4 Å². The number of hydrogen-bond acceptors (Lipinski definition) is 3. The van der Waals surface area contributed by atoms with E-state index in [2.05, 4.69) is 25.7 Å². The molecule has 0 radical (unpaired) electrons. The van der Waals surface area contributed by atoms with Crippen LogP contribution in [0.3, 0.4) is 0 Å². The monoisotopic (exact) mass is 295 g/mol. The maximum atomic E-state index is 11.3. The van der Waals surface area contributed by atoms with Crippen molar-refractivity contribution in [3.63, 3.8) is 0 Å². The van der Waals surface area contributed by atoms with E-state index in [-0.39, 0.29) is 11.8 Å². The van der Waals surface area contributed by atoms with Gasteiger partial charge in [-0.15, -0.1) is 0 Å². The predicted molar refractivity (Wildman–Crippen MR) is 86.6 cm³/mol. The summed E-state index contributed by atoms with van der Waals surface area (Å²) in [5, 5.41) is 0. The average Bonchev–Trinajstić information content (AvgIpc) is 2.45.